The first-order chi connectivity index (χ1) is 20.1. The highest BCUT2D eigenvalue weighted by Crippen LogP contribution is 2.40. The van der Waals surface area contributed by atoms with Crippen LogP contribution in [0.1, 0.15) is 11.3 Å². The maximum Gasteiger partial charge on any atom is 0.433 e. The summed E-state index contributed by atoms with van der Waals surface area (Å²) in [6, 6.07) is 20.0. The Morgan fingerprint density at radius 2 is 1.24 bits per heavy atom. The third-order valence-electron chi connectivity index (χ3n) is 6.62. The van der Waals surface area contributed by atoms with Gasteiger partial charge >= 0.3 is 6.18 Å². The van der Waals surface area contributed by atoms with Gasteiger partial charge in [-0.3, -0.25) is 0 Å². The third kappa shape index (κ3) is 5.58. The fourth-order valence-electron chi connectivity index (χ4n) is 4.42. The second kappa shape index (κ2) is 11.4. The minimum Gasteiger partial charge on any atom is -0.497 e. The van der Waals surface area contributed by atoms with Crippen LogP contribution in [0.5, 0.6) is 23.0 Å². The fraction of sp³-hybridized carbons (Fsp3) is 0.194. The molecule has 3 aromatic carbocycles. The monoisotopic (exact) mass is 576 g/mol. The number of hydrogen-bond acceptors (Lipinski definition) is 7. The summed E-state index contributed by atoms with van der Waals surface area (Å²) in [7, 11) is 6.05. The largest absolute Gasteiger partial charge is 0.497 e. The minimum atomic E-state index is -4.73. The molecule has 5 aromatic rings. The second-order valence-corrected chi connectivity index (χ2v) is 9.26. The van der Waals surface area contributed by atoms with Gasteiger partial charge in [0.1, 0.15) is 23.0 Å². The van der Waals surface area contributed by atoms with E-state index in [-0.39, 0.29) is 11.6 Å². The molecular formula is C31H27F3N4O4. The maximum atomic E-state index is 14.1. The molecule has 0 aliphatic carbocycles. The number of nitrogens with zero attached hydrogens (tertiary/aromatic N) is 4. The number of methoxy groups -OCH3 is 4. The molecule has 0 saturated heterocycles. The van der Waals surface area contributed by atoms with Crippen LogP contribution in [-0.2, 0) is 6.18 Å². The van der Waals surface area contributed by atoms with Gasteiger partial charge < -0.3 is 18.9 Å². The quantitative estimate of drug-likeness (QED) is 0.196. The van der Waals surface area contributed by atoms with Crippen LogP contribution in [0.25, 0.3) is 39.7 Å². The first kappa shape index (κ1) is 28.5. The van der Waals surface area contributed by atoms with Crippen LogP contribution >= 0.6 is 0 Å². The number of ether oxygens (including phenoxy) is 4. The van der Waals surface area contributed by atoms with E-state index < -0.39 is 11.9 Å². The van der Waals surface area contributed by atoms with Gasteiger partial charge in [0.2, 0.25) is 0 Å². The molecule has 216 valence electrons. The van der Waals surface area contributed by atoms with E-state index in [2.05, 4.69) is 9.97 Å². The second-order valence-electron chi connectivity index (χ2n) is 9.26. The summed E-state index contributed by atoms with van der Waals surface area (Å²) < 4.78 is 65.5. The van der Waals surface area contributed by atoms with Crippen molar-refractivity contribution in [3.8, 4) is 62.7 Å². The summed E-state index contributed by atoms with van der Waals surface area (Å²) in [5.74, 6) is 1.70. The topological polar surface area (TPSA) is 80.5 Å². The SMILES string of the molecule is COc1ccc(-c2cc(-c3ccc(OC)cc3OC)n(-c3nc(-c4ccc(C)cc4)cc(C(F)(F)F)n3)n2)c(OC)c1. The number of rotatable bonds is 8. The van der Waals surface area contributed by atoms with E-state index in [1.165, 1.54) is 33.1 Å². The summed E-state index contributed by atoms with van der Waals surface area (Å²) in [6.45, 7) is 1.89. The maximum absolute atomic E-state index is 14.1. The van der Waals surface area contributed by atoms with Gasteiger partial charge in [-0.05, 0) is 43.3 Å². The van der Waals surface area contributed by atoms with Crippen molar-refractivity contribution in [1.29, 1.82) is 0 Å². The van der Waals surface area contributed by atoms with Gasteiger partial charge in [0.15, 0.2) is 5.69 Å². The Balaban J connectivity index is 1.80. The van der Waals surface area contributed by atoms with E-state index in [0.29, 0.717) is 51.1 Å². The normalized spacial score (nSPS) is 11.3. The molecule has 0 bridgehead atoms. The standard InChI is InChI=1S/C31H27F3N4O4/c1-18-6-8-19(9-7-18)24-17-29(31(32,33)34)36-30(35-24)38-26(23-13-11-21(40-3)15-28(23)42-5)16-25(37-38)22-12-10-20(39-2)14-27(22)41-4/h6-17H,1-5H3. The van der Waals surface area contributed by atoms with Crippen molar-refractivity contribution < 1.29 is 32.1 Å². The van der Waals surface area contributed by atoms with E-state index in [0.717, 1.165) is 11.6 Å². The average Bonchev–Trinajstić information content (AvgIpc) is 3.45. The van der Waals surface area contributed by atoms with Crippen molar-refractivity contribution in [3.63, 3.8) is 0 Å². The first-order valence-corrected chi connectivity index (χ1v) is 12.7. The number of halogens is 3. The lowest BCUT2D eigenvalue weighted by molar-refractivity contribution is -0.141. The highest BCUT2D eigenvalue weighted by atomic mass is 19.4. The van der Waals surface area contributed by atoms with Crippen molar-refractivity contribution in [2.24, 2.45) is 0 Å². The fourth-order valence-corrected chi connectivity index (χ4v) is 4.42. The van der Waals surface area contributed by atoms with Crippen LogP contribution in [0.15, 0.2) is 72.8 Å². The minimum absolute atomic E-state index is 0.0963. The van der Waals surface area contributed by atoms with E-state index in [1.807, 2.05) is 6.92 Å². The van der Waals surface area contributed by atoms with Crippen molar-refractivity contribution in [3.05, 3.63) is 84.1 Å². The van der Waals surface area contributed by atoms with Crippen LogP contribution in [0.4, 0.5) is 13.2 Å². The number of hydrogen-bond donors (Lipinski definition) is 0. The highest BCUT2D eigenvalue weighted by Gasteiger charge is 2.34. The van der Waals surface area contributed by atoms with E-state index in [4.69, 9.17) is 24.0 Å². The van der Waals surface area contributed by atoms with Crippen LogP contribution in [0, 0.1) is 6.92 Å². The molecule has 0 spiro atoms. The Bertz CT molecular complexity index is 1730. The summed E-state index contributed by atoms with van der Waals surface area (Å²) >= 11 is 0. The molecule has 0 aliphatic heterocycles. The van der Waals surface area contributed by atoms with Crippen LogP contribution in [-0.4, -0.2) is 48.2 Å². The summed E-state index contributed by atoms with van der Waals surface area (Å²) in [4.78, 5) is 8.46. The van der Waals surface area contributed by atoms with Gasteiger partial charge in [-0.25, -0.2) is 9.97 Å². The van der Waals surface area contributed by atoms with Crippen molar-refractivity contribution in [2.45, 2.75) is 13.1 Å². The number of alkyl halides is 3. The summed E-state index contributed by atoms with van der Waals surface area (Å²) in [5.41, 5.74) is 2.36. The van der Waals surface area contributed by atoms with Crippen molar-refractivity contribution >= 4 is 0 Å². The van der Waals surface area contributed by atoms with Crippen molar-refractivity contribution in [1.82, 2.24) is 19.7 Å². The molecule has 42 heavy (non-hydrogen) atoms. The van der Waals surface area contributed by atoms with Gasteiger partial charge in [-0.2, -0.15) is 23.0 Å². The highest BCUT2D eigenvalue weighted by molar-refractivity contribution is 5.77. The van der Waals surface area contributed by atoms with Gasteiger partial charge in [-0.15, -0.1) is 0 Å². The van der Waals surface area contributed by atoms with Gasteiger partial charge in [-0.1, -0.05) is 29.8 Å². The zero-order valence-corrected chi connectivity index (χ0v) is 23.5. The average molecular weight is 577 g/mol. The predicted octanol–water partition coefficient (Wildman–Crippen LogP) is 7.02. The Labute approximate surface area is 240 Å². The molecule has 2 heterocycles. The zero-order valence-electron chi connectivity index (χ0n) is 23.5. The van der Waals surface area contributed by atoms with E-state index in [9.17, 15) is 13.2 Å². The molecule has 0 atom stereocenters. The molecular weight excluding hydrogens is 549 g/mol. The number of aromatic nitrogens is 4. The number of benzene rings is 3. The Hall–Kier alpha value is -5.06. The molecule has 0 aliphatic rings. The zero-order chi connectivity index (χ0) is 30.0. The summed E-state index contributed by atoms with van der Waals surface area (Å²) in [6.07, 6.45) is -4.73. The van der Waals surface area contributed by atoms with Crippen LogP contribution in [0.3, 0.4) is 0 Å². The van der Waals surface area contributed by atoms with Gasteiger partial charge in [0, 0.05) is 28.8 Å². The summed E-state index contributed by atoms with van der Waals surface area (Å²) in [5, 5.41) is 4.70. The lowest BCUT2D eigenvalue weighted by atomic mass is 10.1. The molecule has 5 rings (SSSR count). The van der Waals surface area contributed by atoms with Crippen LogP contribution < -0.4 is 18.9 Å². The lowest BCUT2D eigenvalue weighted by Gasteiger charge is -2.14. The Morgan fingerprint density at radius 3 is 1.81 bits per heavy atom. The van der Waals surface area contributed by atoms with Crippen LogP contribution in [0.2, 0.25) is 0 Å². The molecule has 11 heteroatoms. The molecule has 0 saturated carbocycles. The number of aryl methyl sites for hydroxylation is 1. The molecule has 8 nitrogen and oxygen atoms in total. The Kier molecular flexibility index (Phi) is 7.75. The first-order valence-electron chi connectivity index (χ1n) is 12.7. The molecule has 0 amide bonds. The smallest absolute Gasteiger partial charge is 0.433 e. The molecule has 0 radical (unpaired) electrons. The Morgan fingerprint density at radius 1 is 0.643 bits per heavy atom. The van der Waals surface area contributed by atoms with E-state index >= 15 is 0 Å². The third-order valence-corrected chi connectivity index (χ3v) is 6.62. The van der Waals surface area contributed by atoms with Gasteiger partial charge in [0.05, 0.1) is 45.5 Å². The lowest BCUT2D eigenvalue weighted by Crippen LogP contribution is -2.14. The molecule has 0 fully saturated rings. The van der Waals surface area contributed by atoms with Gasteiger partial charge in [0.25, 0.3) is 5.95 Å². The predicted molar refractivity (Wildman–Crippen MR) is 151 cm³/mol. The van der Waals surface area contributed by atoms with Crippen molar-refractivity contribution in [2.75, 3.05) is 28.4 Å². The molecule has 0 N–H and O–H groups in total. The molecule has 0 unspecified atom stereocenters. The van der Waals surface area contributed by atoms with E-state index in [1.54, 1.807) is 66.7 Å². The molecule has 2 aromatic heterocycles.